The summed E-state index contributed by atoms with van der Waals surface area (Å²) in [4.78, 5) is 21.2. The van der Waals surface area contributed by atoms with Crippen LogP contribution in [0.1, 0.15) is 29.8 Å². The third kappa shape index (κ3) is 3.71. The van der Waals surface area contributed by atoms with E-state index >= 15 is 0 Å². The number of hydrogen-bond acceptors (Lipinski definition) is 5. The molecule has 0 radical (unpaired) electrons. The predicted octanol–water partition coefficient (Wildman–Crippen LogP) is 3.52. The molecule has 1 aromatic carbocycles. The van der Waals surface area contributed by atoms with Gasteiger partial charge in [-0.25, -0.2) is 5.01 Å². The van der Waals surface area contributed by atoms with Crippen molar-refractivity contribution >= 4 is 22.5 Å². The van der Waals surface area contributed by atoms with Gasteiger partial charge >= 0.3 is 0 Å². The lowest BCUT2D eigenvalue weighted by atomic mass is 10.0. The Balaban J connectivity index is 1.77. The highest BCUT2D eigenvalue weighted by Crippen LogP contribution is 2.23. The van der Waals surface area contributed by atoms with Crippen LogP contribution in [0, 0.1) is 6.92 Å². The highest BCUT2D eigenvalue weighted by atomic mass is 16.5. The van der Waals surface area contributed by atoms with Gasteiger partial charge in [0.25, 0.3) is 0 Å². The van der Waals surface area contributed by atoms with Crippen LogP contribution in [0.4, 0.5) is 0 Å². The van der Waals surface area contributed by atoms with E-state index in [-0.39, 0.29) is 5.91 Å². The lowest BCUT2D eigenvalue weighted by Crippen LogP contribution is -2.22. The molecule has 1 aliphatic rings. The van der Waals surface area contributed by atoms with Gasteiger partial charge in [0.05, 0.1) is 24.0 Å². The molecule has 3 aromatic rings. The number of carbonyl (C=O) groups is 1. The number of fused-ring (bicyclic) bond motifs is 1. The minimum absolute atomic E-state index is 0.0643. The molecule has 1 saturated heterocycles. The first-order chi connectivity index (χ1) is 13.6. The highest BCUT2D eigenvalue weighted by Gasteiger charge is 2.21. The lowest BCUT2D eigenvalue weighted by molar-refractivity contribution is -0.127. The Kier molecular flexibility index (Phi) is 5.02. The van der Waals surface area contributed by atoms with Gasteiger partial charge in [0.1, 0.15) is 5.75 Å². The summed E-state index contributed by atoms with van der Waals surface area (Å²) in [7, 11) is 1.65. The zero-order valence-corrected chi connectivity index (χ0v) is 16.1. The third-order valence-electron chi connectivity index (χ3n) is 4.87. The Morgan fingerprint density at radius 3 is 2.89 bits per heavy atom. The van der Waals surface area contributed by atoms with Gasteiger partial charge in [0.2, 0.25) is 5.91 Å². The van der Waals surface area contributed by atoms with Crippen molar-refractivity contribution in [1.29, 1.82) is 0 Å². The number of amides is 1. The van der Waals surface area contributed by atoms with E-state index < -0.39 is 0 Å². The maximum atomic E-state index is 12.1. The van der Waals surface area contributed by atoms with Crippen molar-refractivity contribution in [3.05, 3.63) is 65.6 Å². The van der Waals surface area contributed by atoms with Crippen LogP contribution in [0.25, 0.3) is 10.9 Å². The van der Waals surface area contributed by atoms with Crippen LogP contribution >= 0.6 is 0 Å². The smallest absolute Gasteiger partial charge is 0.242 e. The zero-order valence-electron chi connectivity index (χ0n) is 16.1. The van der Waals surface area contributed by atoms with Crippen molar-refractivity contribution < 1.29 is 9.53 Å². The average Bonchev–Trinajstić information content (AvgIpc) is 3.11. The molecule has 0 atom stereocenters. The summed E-state index contributed by atoms with van der Waals surface area (Å²) >= 11 is 0. The molecule has 1 fully saturated rings. The fraction of sp³-hybridized carbons (Fsp3) is 0.273. The van der Waals surface area contributed by atoms with Crippen molar-refractivity contribution in [2.24, 2.45) is 5.10 Å². The Hall–Kier alpha value is -3.28. The Morgan fingerprint density at radius 1 is 1.25 bits per heavy atom. The summed E-state index contributed by atoms with van der Waals surface area (Å²) in [5.41, 5.74) is 4.44. The maximum Gasteiger partial charge on any atom is 0.242 e. The zero-order chi connectivity index (χ0) is 19.5. The highest BCUT2D eigenvalue weighted by molar-refractivity contribution is 6.02. The molecule has 0 saturated carbocycles. The van der Waals surface area contributed by atoms with E-state index in [4.69, 9.17) is 9.84 Å². The van der Waals surface area contributed by atoms with E-state index in [0.29, 0.717) is 19.4 Å². The molecule has 4 rings (SSSR count). The van der Waals surface area contributed by atoms with E-state index in [2.05, 4.69) is 9.97 Å². The van der Waals surface area contributed by atoms with Gasteiger partial charge < -0.3 is 4.74 Å². The van der Waals surface area contributed by atoms with Crippen LogP contribution in [0.2, 0.25) is 0 Å². The van der Waals surface area contributed by atoms with Gasteiger partial charge in [-0.15, -0.1) is 0 Å². The second-order valence-electron chi connectivity index (χ2n) is 6.86. The number of hydrazone groups is 1. The Labute approximate surface area is 163 Å². The van der Waals surface area contributed by atoms with Crippen molar-refractivity contribution in [3.8, 4) is 5.75 Å². The lowest BCUT2D eigenvalue weighted by Gasteiger charge is -2.14. The van der Waals surface area contributed by atoms with Gasteiger partial charge in [0.15, 0.2) is 0 Å². The fourth-order valence-electron chi connectivity index (χ4n) is 3.41. The molecule has 6 heteroatoms. The molecule has 0 aliphatic carbocycles. The van der Waals surface area contributed by atoms with E-state index in [1.54, 1.807) is 18.3 Å². The van der Waals surface area contributed by atoms with E-state index in [9.17, 15) is 4.79 Å². The van der Waals surface area contributed by atoms with Crippen molar-refractivity contribution in [1.82, 2.24) is 15.0 Å². The van der Waals surface area contributed by atoms with E-state index in [0.717, 1.165) is 45.7 Å². The summed E-state index contributed by atoms with van der Waals surface area (Å²) in [5.74, 6) is 0.837. The molecule has 1 amide bonds. The number of rotatable bonds is 5. The predicted molar refractivity (Wildman–Crippen MR) is 108 cm³/mol. The van der Waals surface area contributed by atoms with Gasteiger partial charge in [-0.1, -0.05) is 6.07 Å². The van der Waals surface area contributed by atoms with Crippen molar-refractivity contribution in [2.45, 2.75) is 26.2 Å². The van der Waals surface area contributed by atoms with Crippen molar-refractivity contribution in [2.75, 3.05) is 13.7 Å². The quantitative estimate of drug-likeness (QED) is 0.641. The number of ether oxygens (including phenoxy) is 1. The first kappa shape index (κ1) is 18.1. The topological polar surface area (TPSA) is 67.7 Å². The molecule has 1 aliphatic heterocycles. The molecule has 3 heterocycles. The minimum Gasteiger partial charge on any atom is -0.497 e. The second kappa shape index (κ2) is 7.76. The number of aryl methyl sites for hydroxylation is 1. The minimum atomic E-state index is 0.0643. The number of benzene rings is 1. The van der Waals surface area contributed by atoms with Crippen LogP contribution in [-0.2, 0) is 11.2 Å². The molecule has 28 heavy (non-hydrogen) atoms. The number of aromatic nitrogens is 2. The Bertz CT molecular complexity index is 1060. The summed E-state index contributed by atoms with van der Waals surface area (Å²) in [5, 5.41) is 7.31. The maximum absolute atomic E-state index is 12.1. The number of nitrogens with zero attached hydrogens (tertiary/aromatic N) is 4. The van der Waals surface area contributed by atoms with Crippen molar-refractivity contribution in [3.63, 3.8) is 0 Å². The molecule has 0 spiro atoms. The SMILES string of the molecule is COc1ccc2c(C/C(=N/N3CCCC3=O)c3cccc(C)n3)ccnc2c1. The molecule has 0 N–H and O–H groups in total. The Morgan fingerprint density at radius 2 is 2.14 bits per heavy atom. The van der Waals surface area contributed by atoms with Gasteiger partial charge in [0, 0.05) is 42.7 Å². The van der Waals surface area contributed by atoms with Crippen LogP contribution in [0.15, 0.2) is 53.8 Å². The van der Waals surface area contributed by atoms with Crippen LogP contribution in [0.5, 0.6) is 5.75 Å². The standard InChI is InChI=1S/C22H22N4O2/c1-15-5-3-6-19(24-15)21(25-26-12-4-7-22(26)27)13-16-10-11-23-20-14-17(28-2)8-9-18(16)20/h3,5-6,8-11,14H,4,7,12-13H2,1-2H3/b25-21-. The molecular weight excluding hydrogens is 352 g/mol. The fourth-order valence-corrected chi connectivity index (χ4v) is 3.41. The largest absolute Gasteiger partial charge is 0.497 e. The summed E-state index contributed by atoms with van der Waals surface area (Å²) in [6.45, 7) is 2.61. The van der Waals surface area contributed by atoms with Gasteiger partial charge in [-0.2, -0.15) is 5.10 Å². The van der Waals surface area contributed by atoms with Gasteiger partial charge in [-0.3, -0.25) is 14.8 Å². The second-order valence-corrected chi connectivity index (χ2v) is 6.86. The van der Waals surface area contributed by atoms with E-state index in [1.807, 2.05) is 49.4 Å². The molecule has 0 unspecified atom stereocenters. The summed E-state index contributed by atoms with van der Waals surface area (Å²) in [6.07, 6.45) is 3.75. The van der Waals surface area contributed by atoms with Crippen LogP contribution in [0.3, 0.4) is 0 Å². The molecule has 2 aromatic heterocycles. The monoisotopic (exact) mass is 374 g/mol. The molecule has 0 bridgehead atoms. The normalized spacial score (nSPS) is 14.7. The summed E-state index contributed by atoms with van der Waals surface area (Å²) in [6, 6.07) is 13.7. The number of carbonyl (C=O) groups excluding carboxylic acids is 1. The first-order valence-electron chi connectivity index (χ1n) is 9.37. The average molecular weight is 374 g/mol. The first-order valence-corrected chi connectivity index (χ1v) is 9.37. The number of hydrogen-bond donors (Lipinski definition) is 0. The molecular formula is C22H22N4O2. The number of pyridine rings is 2. The third-order valence-corrected chi connectivity index (χ3v) is 4.87. The van der Waals surface area contributed by atoms with Crippen LogP contribution in [-0.4, -0.2) is 40.3 Å². The molecule has 142 valence electrons. The summed E-state index contributed by atoms with van der Waals surface area (Å²) < 4.78 is 5.31. The van der Waals surface area contributed by atoms with E-state index in [1.165, 1.54) is 0 Å². The molecule has 6 nitrogen and oxygen atoms in total. The number of methoxy groups -OCH3 is 1. The van der Waals surface area contributed by atoms with Crippen LogP contribution < -0.4 is 4.74 Å². The van der Waals surface area contributed by atoms with Gasteiger partial charge in [-0.05, 0) is 49.2 Å².